The second kappa shape index (κ2) is 3.15. The molecule has 0 amide bonds. The predicted octanol–water partition coefficient (Wildman–Crippen LogP) is 0.856. The van der Waals surface area contributed by atoms with Crippen LogP contribution >= 0.6 is 0 Å². The maximum Gasteiger partial charge on any atom is 0.168 e. The second-order valence-corrected chi connectivity index (χ2v) is 3.78. The number of anilines is 1. The highest BCUT2D eigenvalue weighted by Crippen LogP contribution is 2.18. The summed E-state index contributed by atoms with van der Waals surface area (Å²) in [5, 5.41) is 0. The van der Waals surface area contributed by atoms with Gasteiger partial charge in [-0.05, 0) is 37.1 Å². The largest absolute Gasteiger partial charge is 0.398 e. The third kappa shape index (κ3) is 1.58. The Kier molecular flexibility index (Phi) is 2.38. The predicted molar refractivity (Wildman–Crippen MR) is 48.9 cm³/mol. The van der Waals surface area contributed by atoms with Crippen LogP contribution in [-0.2, 0) is 10.7 Å². The number of hydrogen-bond acceptors (Lipinski definition) is 3. The van der Waals surface area contributed by atoms with E-state index in [4.69, 9.17) is 5.73 Å². The van der Waals surface area contributed by atoms with Crippen molar-refractivity contribution in [1.82, 2.24) is 0 Å². The lowest BCUT2D eigenvalue weighted by Crippen LogP contribution is -1.95. The Labute approximate surface area is 73.2 Å². The van der Waals surface area contributed by atoms with Crippen LogP contribution in [0.4, 0.5) is 5.69 Å². The Morgan fingerprint density at radius 1 is 1.17 bits per heavy atom. The van der Waals surface area contributed by atoms with E-state index < -0.39 is 10.7 Å². The van der Waals surface area contributed by atoms with Crippen LogP contribution < -0.4 is 5.73 Å². The number of nitrogen functional groups attached to an aromatic ring is 1. The zero-order valence-electron chi connectivity index (χ0n) is 7.00. The van der Waals surface area contributed by atoms with Gasteiger partial charge < -0.3 is 5.73 Å². The maximum absolute atomic E-state index is 10.6. The zero-order valence-corrected chi connectivity index (χ0v) is 7.89. The van der Waals surface area contributed by atoms with Crippen LogP contribution in [0, 0.1) is 13.8 Å². The van der Waals surface area contributed by atoms with Crippen molar-refractivity contribution in [3.8, 4) is 0 Å². The normalized spacial score (nSPS) is 10.6. The highest BCUT2D eigenvalue weighted by atomic mass is 32.2. The summed E-state index contributed by atoms with van der Waals surface area (Å²) < 4.78 is 21.2. The molecular weight excluding hydrogens is 174 g/mol. The van der Waals surface area contributed by atoms with E-state index in [1.165, 1.54) is 0 Å². The fourth-order valence-corrected chi connectivity index (χ4v) is 1.66. The fourth-order valence-electron chi connectivity index (χ4n) is 1.06. The highest BCUT2D eigenvalue weighted by Gasteiger charge is 2.02. The van der Waals surface area contributed by atoms with Crippen LogP contribution in [0.2, 0.25) is 0 Å². The molecular formula is C8H11NO2S. The summed E-state index contributed by atoms with van der Waals surface area (Å²) in [6.07, 6.45) is 0. The Bertz CT molecular complexity index is 352. The molecule has 0 fully saturated rings. The summed E-state index contributed by atoms with van der Waals surface area (Å²) in [5.41, 5.74) is 7.94. The molecule has 1 aromatic rings. The molecule has 0 heterocycles. The molecule has 0 saturated heterocycles. The summed E-state index contributed by atoms with van der Waals surface area (Å²) in [7, 11) is -2.50. The van der Waals surface area contributed by atoms with Crippen molar-refractivity contribution in [3.63, 3.8) is 0 Å². The van der Waals surface area contributed by atoms with Gasteiger partial charge in [-0.3, -0.25) is 0 Å². The van der Waals surface area contributed by atoms with Crippen molar-refractivity contribution in [2.24, 2.45) is 0 Å². The molecule has 0 bridgehead atoms. The van der Waals surface area contributed by atoms with Crippen molar-refractivity contribution in [3.05, 3.63) is 23.3 Å². The van der Waals surface area contributed by atoms with Gasteiger partial charge in [0.2, 0.25) is 0 Å². The SMILES string of the molecule is Cc1cc([SH](=O)=O)cc(C)c1N. The van der Waals surface area contributed by atoms with E-state index in [2.05, 4.69) is 0 Å². The van der Waals surface area contributed by atoms with Crippen molar-refractivity contribution in [1.29, 1.82) is 0 Å². The Hall–Kier alpha value is -1.03. The lowest BCUT2D eigenvalue weighted by atomic mass is 10.1. The molecule has 1 aromatic carbocycles. The summed E-state index contributed by atoms with van der Waals surface area (Å²) in [5.74, 6) is 0. The van der Waals surface area contributed by atoms with Gasteiger partial charge in [0.1, 0.15) is 0 Å². The minimum absolute atomic E-state index is 0.328. The van der Waals surface area contributed by atoms with Crippen molar-refractivity contribution < 1.29 is 8.42 Å². The molecule has 4 heteroatoms. The van der Waals surface area contributed by atoms with Gasteiger partial charge in [-0.2, -0.15) is 0 Å². The first-order chi connectivity index (χ1) is 5.52. The van der Waals surface area contributed by atoms with Gasteiger partial charge in [0, 0.05) is 5.69 Å². The molecule has 0 radical (unpaired) electrons. The quantitative estimate of drug-likeness (QED) is 0.504. The van der Waals surface area contributed by atoms with Crippen LogP contribution in [0.1, 0.15) is 11.1 Å². The summed E-state index contributed by atoms with van der Waals surface area (Å²) in [6.45, 7) is 3.59. The van der Waals surface area contributed by atoms with Gasteiger partial charge in [0.25, 0.3) is 0 Å². The molecule has 0 aliphatic rings. The molecule has 1 rings (SSSR count). The molecule has 3 nitrogen and oxygen atoms in total. The molecule has 0 spiro atoms. The van der Waals surface area contributed by atoms with Crippen molar-refractivity contribution in [2.75, 3.05) is 5.73 Å². The lowest BCUT2D eigenvalue weighted by molar-refractivity contribution is 0.614. The summed E-state index contributed by atoms with van der Waals surface area (Å²) in [6, 6.07) is 3.15. The van der Waals surface area contributed by atoms with Gasteiger partial charge in [-0.15, -0.1) is 0 Å². The van der Waals surface area contributed by atoms with Crippen LogP contribution in [0.5, 0.6) is 0 Å². The smallest absolute Gasteiger partial charge is 0.168 e. The lowest BCUT2D eigenvalue weighted by Gasteiger charge is -2.04. The van der Waals surface area contributed by atoms with E-state index in [-0.39, 0.29) is 0 Å². The highest BCUT2D eigenvalue weighted by molar-refractivity contribution is 7.72. The van der Waals surface area contributed by atoms with Crippen molar-refractivity contribution >= 4 is 16.4 Å². The second-order valence-electron chi connectivity index (χ2n) is 2.75. The molecule has 0 unspecified atom stereocenters. The minimum Gasteiger partial charge on any atom is -0.398 e. The third-order valence-electron chi connectivity index (χ3n) is 1.79. The van der Waals surface area contributed by atoms with E-state index in [1.54, 1.807) is 26.0 Å². The number of thiol groups is 1. The minimum atomic E-state index is -2.50. The van der Waals surface area contributed by atoms with Crippen LogP contribution in [0.3, 0.4) is 0 Å². The van der Waals surface area contributed by atoms with Gasteiger partial charge in [0.15, 0.2) is 10.7 Å². The molecule has 66 valence electrons. The van der Waals surface area contributed by atoms with Crippen LogP contribution in [0.15, 0.2) is 17.0 Å². The van der Waals surface area contributed by atoms with E-state index in [1.807, 2.05) is 0 Å². The van der Waals surface area contributed by atoms with Gasteiger partial charge in [0.05, 0.1) is 4.90 Å². The number of nitrogens with two attached hydrogens (primary N) is 1. The van der Waals surface area contributed by atoms with E-state index in [0.717, 1.165) is 11.1 Å². The maximum atomic E-state index is 10.6. The first kappa shape index (κ1) is 9.06. The summed E-state index contributed by atoms with van der Waals surface area (Å²) >= 11 is 0. The number of hydrogen-bond donors (Lipinski definition) is 2. The van der Waals surface area contributed by atoms with Crippen molar-refractivity contribution in [2.45, 2.75) is 18.7 Å². The Balaban J connectivity index is 3.40. The zero-order chi connectivity index (χ0) is 9.30. The van der Waals surface area contributed by atoms with Gasteiger partial charge in [-0.25, -0.2) is 8.42 Å². The number of aryl methyl sites for hydroxylation is 2. The average molecular weight is 185 g/mol. The molecule has 0 saturated carbocycles. The average Bonchev–Trinajstić information content (AvgIpc) is 1.99. The molecule has 12 heavy (non-hydrogen) atoms. The van der Waals surface area contributed by atoms with Gasteiger partial charge >= 0.3 is 0 Å². The van der Waals surface area contributed by atoms with Crippen LogP contribution in [-0.4, -0.2) is 8.42 Å². The Morgan fingerprint density at radius 2 is 1.58 bits per heavy atom. The standard InChI is InChI=1S/C8H11NO2S/c1-5-3-7(12(10)11)4-6(2)8(5)9/h3-4,12H,9H2,1-2H3. The van der Waals surface area contributed by atoms with Crippen LogP contribution in [0.25, 0.3) is 0 Å². The fraction of sp³-hybridized carbons (Fsp3) is 0.250. The molecule has 0 atom stereocenters. The topological polar surface area (TPSA) is 60.2 Å². The molecule has 0 aliphatic heterocycles. The van der Waals surface area contributed by atoms with E-state index >= 15 is 0 Å². The van der Waals surface area contributed by atoms with Gasteiger partial charge in [-0.1, -0.05) is 0 Å². The molecule has 0 aromatic heterocycles. The monoisotopic (exact) mass is 185 g/mol. The van der Waals surface area contributed by atoms with E-state index in [9.17, 15) is 8.42 Å². The van der Waals surface area contributed by atoms with E-state index in [0.29, 0.717) is 10.6 Å². The Morgan fingerprint density at radius 3 is 1.92 bits per heavy atom. The number of benzene rings is 1. The molecule has 2 N–H and O–H groups in total. The summed E-state index contributed by atoms with van der Waals surface area (Å²) in [4.78, 5) is 0.328. The number of rotatable bonds is 1. The third-order valence-corrected chi connectivity index (χ3v) is 2.47. The first-order valence-corrected chi connectivity index (χ1v) is 4.71. The molecule has 0 aliphatic carbocycles. The first-order valence-electron chi connectivity index (χ1n) is 3.53.